The summed E-state index contributed by atoms with van der Waals surface area (Å²) in [7, 11) is 0. The monoisotopic (exact) mass is 392 g/mol. The van der Waals surface area contributed by atoms with Gasteiger partial charge in [0.25, 0.3) is 0 Å². The summed E-state index contributed by atoms with van der Waals surface area (Å²) < 4.78 is 6.24. The van der Waals surface area contributed by atoms with Gasteiger partial charge in [0.2, 0.25) is 0 Å². The van der Waals surface area contributed by atoms with Crippen LogP contribution in [0.1, 0.15) is 106 Å². The Morgan fingerprint density at radius 2 is 1.82 bits per heavy atom. The molecule has 0 aromatic heterocycles. The van der Waals surface area contributed by atoms with E-state index < -0.39 is 0 Å². The van der Waals surface area contributed by atoms with Gasteiger partial charge in [0.1, 0.15) is 0 Å². The van der Waals surface area contributed by atoms with Crippen LogP contribution in [0.3, 0.4) is 0 Å². The molecular formula is C26H48O2. The third kappa shape index (κ3) is 3.94. The van der Waals surface area contributed by atoms with Crippen LogP contribution in [0.25, 0.3) is 0 Å². The molecule has 3 aliphatic rings. The number of ether oxygens (including phenoxy) is 1. The molecule has 2 aliphatic carbocycles. The Morgan fingerprint density at radius 3 is 2.50 bits per heavy atom. The molecule has 1 aliphatic heterocycles. The smallest absolute Gasteiger partial charge is 0.0659 e. The van der Waals surface area contributed by atoms with Crippen molar-refractivity contribution >= 4 is 0 Å². The Labute approximate surface area is 175 Å². The molecule has 2 saturated carbocycles. The van der Waals surface area contributed by atoms with Crippen LogP contribution in [0.15, 0.2) is 0 Å². The summed E-state index contributed by atoms with van der Waals surface area (Å²) in [6.07, 6.45) is 13.0. The molecule has 1 saturated heterocycles. The van der Waals surface area contributed by atoms with E-state index in [0.29, 0.717) is 17.9 Å². The molecule has 3 rings (SSSR count). The topological polar surface area (TPSA) is 29.5 Å². The van der Waals surface area contributed by atoms with Crippen molar-refractivity contribution < 1.29 is 9.84 Å². The molecule has 164 valence electrons. The largest absolute Gasteiger partial charge is 0.396 e. The number of fused-ring (bicyclic) bond motifs is 1. The van der Waals surface area contributed by atoms with Crippen LogP contribution in [0.2, 0.25) is 0 Å². The van der Waals surface area contributed by atoms with Crippen molar-refractivity contribution in [3.63, 3.8) is 0 Å². The fourth-order valence-electron chi connectivity index (χ4n) is 7.96. The van der Waals surface area contributed by atoms with E-state index >= 15 is 0 Å². The fraction of sp³-hybridized carbons (Fsp3) is 1.00. The minimum absolute atomic E-state index is 0.00684. The van der Waals surface area contributed by atoms with Gasteiger partial charge in [-0.05, 0) is 106 Å². The van der Waals surface area contributed by atoms with Gasteiger partial charge in [0.15, 0.2) is 0 Å². The van der Waals surface area contributed by atoms with Crippen molar-refractivity contribution in [2.75, 3.05) is 13.2 Å². The first-order valence-electron chi connectivity index (χ1n) is 12.4. The zero-order valence-electron chi connectivity index (χ0n) is 19.7. The van der Waals surface area contributed by atoms with Crippen LogP contribution >= 0.6 is 0 Å². The standard InChI is InChI=1S/C26H48O2/c1-7-9-23-24(4,5)28-17-16-25(23,6)20(3)11-12-21-19(2)13-15-26(18-27)14-8-10-22(21)26/h19-23,27H,7-18H2,1-6H3/t19?,20?,21-,22?,23?,25+,26+/m0/s1. The van der Waals surface area contributed by atoms with Gasteiger partial charge in [0.05, 0.1) is 5.60 Å². The Bertz CT molecular complexity index is 515. The van der Waals surface area contributed by atoms with Crippen LogP contribution in [0.4, 0.5) is 0 Å². The average Bonchev–Trinajstić information content (AvgIpc) is 3.08. The molecule has 1 N–H and O–H groups in total. The number of aliphatic hydroxyl groups is 1. The normalized spacial score (nSPS) is 44.2. The molecule has 28 heavy (non-hydrogen) atoms. The van der Waals surface area contributed by atoms with Gasteiger partial charge in [-0.15, -0.1) is 0 Å². The second-order valence-corrected chi connectivity index (χ2v) is 11.7. The molecule has 2 heteroatoms. The summed E-state index contributed by atoms with van der Waals surface area (Å²) in [5, 5.41) is 10.2. The number of hydrogen-bond donors (Lipinski definition) is 1. The van der Waals surface area contributed by atoms with Crippen molar-refractivity contribution in [1.82, 2.24) is 0 Å². The Balaban J connectivity index is 1.70. The molecule has 7 atom stereocenters. The van der Waals surface area contributed by atoms with E-state index in [2.05, 4.69) is 41.5 Å². The van der Waals surface area contributed by atoms with E-state index in [1.54, 1.807) is 0 Å². The van der Waals surface area contributed by atoms with Crippen molar-refractivity contribution in [3.8, 4) is 0 Å². The zero-order chi connectivity index (χ0) is 20.6. The fourth-order valence-corrected chi connectivity index (χ4v) is 7.96. The van der Waals surface area contributed by atoms with Gasteiger partial charge in [-0.3, -0.25) is 0 Å². The summed E-state index contributed by atoms with van der Waals surface area (Å²) >= 11 is 0. The predicted molar refractivity (Wildman–Crippen MR) is 118 cm³/mol. The summed E-state index contributed by atoms with van der Waals surface area (Å²) in [5.74, 6) is 3.83. The molecule has 0 aromatic carbocycles. The lowest BCUT2D eigenvalue weighted by atomic mass is 9.56. The van der Waals surface area contributed by atoms with E-state index in [1.807, 2.05) is 0 Å². The quantitative estimate of drug-likeness (QED) is 0.513. The molecule has 4 unspecified atom stereocenters. The highest BCUT2D eigenvalue weighted by Crippen LogP contribution is 2.58. The molecule has 0 radical (unpaired) electrons. The number of aliphatic hydroxyl groups excluding tert-OH is 1. The minimum atomic E-state index is 0.00684. The lowest BCUT2D eigenvalue weighted by Gasteiger charge is -2.54. The van der Waals surface area contributed by atoms with Crippen molar-refractivity contribution in [2.24, 2.45) is 40.4 Å². The Kier molecular flexibility index (Phi) is 6.92. The summed E-state index contributed by atoms with van der Waals surface area (Å²) in [6.45, 7) is 15.9. The van der Waals surface area contributed by atoms with E-state index in [9.17, 15) is 5.11 Å². The third-order valence-electron chi connectivity index (χ3n) is 10.0. The van der Waals surface area contributed by atoms with Crippen molar-refractivity contribution in [2.45, 2.75) is 111 Å². The van der Waals surface area contributed by atoms with E-state index in [1.165, 1.54) is 64.2 Å². The van der Waals surface area contributed by atoms with Gasteiger partial charge >= 0.3 is 0 Å². The van der Waals surface area contributed by atoms with Crippen LogP contribution in [-0.4, -0.2) is 23.9 Å². The first-order chi connectivity index (χ1) is 13.2. The van der Waals surface area contributed by atoms with Gasteiger partial charge in [-0.1, -0.05) is 40.5 Å². The lowest BCUT2D eigenvalue weighted by molar-refractivity contribution is -0.170. The second-order valence-electron chi connectivity index (χ2n) is 11.7. The van der Waals surface area contributed by atoms with E-state index in [0.717, 1.165) is 30.3 Å². The average molecular weight is 393 g/mol. The predicted octanol–water partition coefficient (Wildman–Crippen LogP) is 6.85. The number of rotatable bonds is 7. The summed E-state index contributed by atoms with van der Waals surface area (Å²) in [5.41, 5.74) is 0.669. The molecule has 0 amide bonds. The molecule has 3 fully saturated rings. The third-order valence-corrected chi connectivity index (χ3v) is 10.0. The SMILES string of the molecule is CCCC1C(C)(C)OCC[C@]1(C)C(C)CC[C@H]1C(C)CC[C@@]2(CO)CCCC12. The Morgan fingerprint density at radius 1 is 1.07 bits per heavy atom. The number of hydrogen-bond acceptors (Lipinski definition) is 2. The summed E-state index contributed by atoms with van der Waals surface area (Å²) in [4.78, 5) is 0. The molecule has 0 spiro atoms. The molecular weight excluding hydrogens is 344 g/mol. The maximum absolute atomic E-state index is 10.2. The maximum atomic E-state index is 10.2. The molecule has 1 heterocycles. The first kappa shape index (κ1) is 22.6. The van der Waals surface area contributed by atoms with Crippen molar-refractivity contribution in [3.05, 3.63) is 0 Å². The molecule has 2 nitrogen and oxygen atoms in total. The van der Waals surface area contributed by atoms with E-state index in [4.69, 9.17) is 4.74 Å². The van der Waals surface area contributed by atoms with Crippen LogP contribution in [0.5, 0.6) is 0 Å². The van der Waals surface area contributed by atoms with Crippen LogP contribution < -0.4 is 0 Å². The lowest BCUT2D eigenvalue weighted by Crippen LogP contribution is -2.52. The highest BCUT2D eigenvalue weighted by Gasteiger charge is 2.52. The highest BCUT2D eigenvalue weighted by atomic mass is 16.5. The molecule has 0 bridgehead atoms. The summed E-state index contributed by atoms with van der Waals surface area (Å²) in [6, 6.07) is 0. The second kappa shape index (κ2) is 8.58. The Hall–Kier alpha value is -0.0800. The molecule has 0 aromatic rings. The van der Waals surface area contributed by atoms with Gasteiger partial charge < -0.3 is 9.84 Å². The van der Waals surface area contributed by atoms with Crippen molar-refractivity contribution in [1.29, 1.82) is 0 Å². The highest BCUT2D eigenvalue weighted by molar-refractivity contribution is 5.01. The minimum Gasteiger partial charge on any atom is -0.396 e. The van der Waals surface area contributed by atoms with Gasteiger partial charge in [0, 0.05) is 13.2 Å². The zero-order valence-corrected chi connectivity index (χ0v) is 19.7. The van der Waals surface area contributed by atoms with Gasteiger partial charge in [-0.2, -0.15) is 0 Å². The van der Waals surface area contributed by atoms with Crippen LogP contribution in [-0.2, 0) is 4.74 Å². The van der Waals surface area contributed by atoms with Gasteiger partial charge in [-0.25, -0.2) is 0 Å². The van der Waals surface area contributed by atoms with Crippen LogP contribution in [0, 0.1) is 40.4 Å². The first-order valence-corrected chi connectivity index (χ1v) is 12.4. The van der Waals surface area contributed by atoms with E-state index in [-0.39, 0.29) is 11.0 Å². The maximum Gasteiger partial charge on any atom is 0.0659 e.